The van der Waals surface area contributed by atoms with E-state index >= 15 is 0 Å². The first-order valence-corrected chi connectivity index (χ1v) is 4.96. The molecular formula is C11H14ClNO2. The van der Waals surface area contributed by atoms with Gasteiger partial charge in [0.2, 0.25) is 5.91 Å². The van der Waals surface area contributed by atoms with Crippen LogP contribution < -0.4 is 10.5 Å². The second-order valence-corrected chi connectivity index (χ2v) is 3.83. The molecule has 1 rings (SSSR count). The number of nitrogens with two attached hydrogens (primary N) is 1. The van der Waals surface area contributed by atoms with Gasteiger partial charge >= 0.3 is 0 Å². The summed E-state index contributed by atoms with van der Waals surface area (Å²) in [6.45, 7) is 3.75. The fraction of sp³-hybridized carbons (Fsp3) is 0.364. The fourth-order valence-electron chi connectivity index (χ4n) is 1.54. The summed E-state index contributed by atoms with van der Waals surface area (Å²) in [5, 5.41) is 0.659. The van der Waals surface area contributed by atoms with Gasteiger partial charge in [0.1, 0.15) is 5.75 Å². The third-order valence-corrected chi connectivity index (χ3v) is 2.93. The summed E-state index contributed by atoms with van der Waals surface area (Å²) >= 11 is 6.09. The molecule has 15 heavy (non-hydrogen) atoms. The lowest BCUT2D eigenvalue weighted by Crippen LogP contribution is -2.15. The molecule has 0 atom stereocenters. The number of halogens is 1. The van der Waals surface area contributed by atoms with Crippen molar-refractivity contribution in [2.45, 2.75) is 20.3 Å². The van der Waals surface area contributed by atoms with Gasteiger partial charge in [-0.2, -0.15) is 0 Å². The quantitative estimate of drug-likeness (QED) is 0.859. The number of ether oxygens (including phenoxy) is 1. The highest BCUT2D eigenvalue weighted by atomic mass is 35.5. The average molecular weight is 228 g/mol. The molecule has 1 aromatic rings. The highest BCUT2D eigenvalue weighted by molar-refractivity contribution is 6.32. The van der Waals surface area contributed by atoms with Crippen LogP contribution in [-0.2, 0) is 11.2 Å². The number of hydrogen-bond donors (Lipinski definition) is 1. The maximum Gasteiger partial charge on any atom is 0.221 e. The van der Waals surface area contributed by atoms with Crippen molar-refractivity contribution in [3.8, 4) is 5.75 Å². The largest absolute Gasteiger partial charge is 0.496 e. The first kappa shape index (κ1) is 11.9. The van der Waals surface area contributed by atoms with Gasteiger partial charge in [0.05, 0.1) is 13.5 Å². The SMILES string of the molecule is COc1cc(C)c(Cl)c(C)c1CC(N)=O. The van der Waals surface area contributed by atoms with E-state index in [-0.39, 0.29) is 6.42 Å². The first-order chi connectivity index (χ1) is 6.97. The molecule has 3 nitrogen and oxygen atoms in total. The molecule has 0 aliphatic heterocycles. The predicted octanol–water partition coefficient (Wildman–Crippen LogP) is 1.99. The maximum atomic E-state index is 10.9. The molecule has 0 heterocycles. The van der Waals surface area contributed by atoms with Gasteiger partial charge in [0.25, 0.3) is 0 Å². The molecular weight excluding hydrogens is 214 g/mol. The molecule has 0 saturated carbocycles. The van der Waals surface area contributed by atoms with Gasteiger partial charge in [0.15, 0.2) is 0 Å². The number of carbonyl (C=O) groups excluding carboxylic acids is 1. The Balaban J connectivity index is 3.33. The molecule has 2 N–H and O–H groups in total. The lowest BCUT2D eigenvalue weighted by atomic mass is 10.0. The van der Waals surface area contributed by atoms with E-state index in [9.17, 15) is 4.79 Å². The molecule has 4 heteroatoms. The molecule has 82 valence electrons. The van der Waals surface area contributed by atoms with Crippen LogP contribution in [-0.4, -0.2) is 13.0 Å². The van der Waals surface area contributed by atoms with Gasteiger partial charge < -0.3 is 10.5 Å². The highest BCUT2D eigenvalue weighted by Gasteiger charge is 2.14. The van der Waals surface area contributed by atoms with Crippen molar-refractivity contribution in [1.82, 2.24) is 0 Å². The molecule has 0 aliphatic rings. The van der Waals surface area contributed by atoms with Gasteiger partial charge in [-0.25, -0.2) is 0 Å². The minimum absolute atomic E-state index is 0.148. The summed E-state index contributed by atoms with van der Waals surface area (Å²) in [4.78, 5) is 10.9. The van der Waals surface area contributed by atoms with E-state index in [2.05, 4.69) is 0 Å². The minimum atomic E-state index is -0.392. The molecule has 0 radical (unpaired) electrons. The molecule has 0 aromatic heterocycles. The van der Waals surface area contributed by atoms with Crippen molar-refractivity contribution < 1.29 is 9.53 Å². The summed E-state index contributed by atoms with van der Waals surface area (Å²) in [5.41, 5.74) is 7.72. The van der Waals surface area contributed by atoms with E-state index in [1.807, 2.05) is 19.9 Å². The number of rotatable bonds is 3. The standard InChI is InChI=1S/C11H14ClNO2/c1-6-4-9(15-3)8(5-10(13)14)7(2)11(6)12/h4H,5H2,1-3H3,(H2,13,14). The normalized spacial score (nSPS) is 10.1. The van der Waals surface area contributed by atoms with Crippen LogP contribution in [0.1, 0.15) is 16.7 Å². The zero-order valence-electron chi connectivity index (χ0n) is 9.06. The lowest BCUT2D eigenvalue weighted by molar-refractivity contribution is -0.117. The second kappa shape index (κ2) is 4.53. The topological polar surface area (TPSA) is 52.3 Å². The lowest BCUT2D eigenvalue weighted by Gasteiger charge is -2.13. The van der Waals surface area contributed by atoms with Crippen LogP contribution in [0, 0.1) is 13.8 Å². The van der Waals surface area contributed by atoms with Crippen LogP contribution in [0.4, 0.5) is 0 Å². The van der Waals surface area contributed by atoms with Crippen LogP contribution >= 0.6 is 11.6 Å². The molecule has 0 fully saturated rings. The predicted molar refractivity (Wildman–Crippen MR) is 60.4 cm³/mol. The van der Waals surface area contributed by atoms with E-state index in [0.717, 1.165) is 16.7 Å². The van der Waals surface area contributed by atoms with Crippen molar-refractivity contribution in [3.05, 3.63) is 27.8 Å². The van der Waals surface area contributed by atoms with E-state index in [1.54, 1.807) is 7.11 Å². The Bertz CT molecular complexity index is 402. The van der Waals surface area contributed by atoms with Crippen LogP contribution in [0.3, 0.4) is 0 Å². The van der Waals surface area contributed by atoms with Crippen LogP contribution in [0.5, 0.6) is 5.75 Å². The first-order valence-electron chi connectivity index (χ1n) is 4.58. The Hall–Kier alpha value is -1.22. The maximum absolute atomic E-state index is 10.9. The Labute approximate surface area is 94.2 Å². The van der Waals surface area contributed by atoms with Crippen LogP contribution in [0.25, 0.3) is 0 Å². The summed E-state index contributed by atoms with van der Waals surface area (Å²) in [6, 6.07) is 1.81. The Morgan fingerprint density at radius 1 is 1.53 bits per heavy atom. The van der Waals surface area contributed by atoms with Crippen LogP contribution in [0.2, 0.25) is 5.02 Å². The van der Waals surface area contributed by atoms with Crippen LogP contribution in [0.15, 0.2) is 6.07 Å². The summed E-state index contributed by atoms with van der Waals surface area (Å²) in [7, 11) is 1.56. The molecule has 0 bridgehead atoms. The molecule has 0 unspecified atom stereocenters. The van der Waals surface area contributed by atoms with E-state index in [1.165, 1.54) is 0 Å². The highest BCUT2D eigenvalue weighted by Crippen LogP contribution is 2.31. The Kier molecular flexibility index (Phi) is 3.58. The summed E-state index contributed by atoms with van der Waals surface area (Å²) < 4.78 is 5.20. The van der Waals surface area contributed by atoms with Gasteiger partial charge in [-0.1, -0.05) is 11.6 Å². The molecule has 1 aromatic carbocycles. The number of primary amides is 1. The van der Waals surface area contributed by atoms with Crippen molar-refractivity contribution in [1.29, 1.82) is 0 Å². The third kappa shape index (κ3) is 2.42. The van der Waals surface area contributed by atoms with E-state index in [4.69, 9.17) is 22.1 Å². The number of hydrogen-bond acceptors (Lipinski definition) is 2. The van der Waals surface area contributed by atoms with Gasteiger partial charge in [0, 0.05) is 10.6 Å². The van der Waals surface area contributed by atoms with Crippen molar-refractivity contribution in [2.75, 3.05) is 7.11 Å². The van der Waals surface area contributed by atoms with Gasteiger partial charge in [-0.05, 0) is 31.0 Å². The second-order valence-electron chi connectivity index (χ2n) is 3.46. The Morgan fingerprint density at radius 3 is 2.60 bits per heavy atom. The monoisotopic (exact) mass is 227 g/mol. The summed E-state index contributed by atoms with van der Waals surface area (Å²) in [5.74, 6) is 0.268. The van der Waals surface area contributed by atoms with Gasteiger partial charge in [-0.3, -0.25) is 4.79 Å². The number of aryl methyl sites for hydroxylation is 1. The number of amides is 1. The molecule has 1 amide bonds. The molecule has 0 aliphatic carbocycles. The molecule has 0 spiro atoms. The zero-order valence-corrected chi connectivity index (χ0v) is 9.81. The van der Waals surface area contributed by atoms with Crippen molar-refractivity contribution in [3.63, 3.8) is 0 Å². The number of carbonyl (C=O) groups is 1. The minimum Gasteiger partial charge on any atom is -0.496 e. The third-order valence-electron chi connectivity index (χ3n) is 2.34. The van der Waals surface area contributed by atoms with Crippen molar-refractivity contribution in [2.24, 2.45) is 5.73 Å². The van der Waals surface area contributed by atoms with Gasteiger partial charge in [-0.15, -0.1) is 0 Å². The van der Waals surface area contributed by atoms with E-state index in [0.29, 0.717) is 10.8 Å². The molecule has 0 saturated heterocycles. The number of methoxy groups -OCH3 is 1. The number of benzene rings is 1. The Morgan fingerprint density at radius 2 is 2.13 bits per heavy atom. The zero-order chi connectivity index (χ0) is 11.6. The van der Waals surface area contributed by atoms with E-state index < -0.39 is 5.91 Å². The fourth-order valence-corrected chi connectivity index (χ4v) is 1.70. The summed E-state index contributed by atoms with van der Waals surface area (Å²) in [6.07, 6.45) is 0.148. The smallest absolute Gasteiger partial charge is 0.221 e. The average Bonchev–Trinajstić information content (AvgIpc) is 2.18. The van der Waals surface area contributed by atoms with Crippen molar-refractivity contribution >= 4 is 17.5 Å².